The fraction of sp³-hybridized carbons (Fsp3) is 0.125. The van der Waals surface area contributed by atoms with Crippen LogP contribution in [0.1, 0.15) is 23.3 Å². The molecule has 7 nitrogen and oxygen atoms in total. The average molecular weight is 309 g/mol. The number of benzene rings is 1. The van der Waals surface area contributed by atoms with E-state index in [-0.39, 0.29) is 16.9 Å². The molecular formula is C16H11N3O4. The van der Waals surface area contributed by atoms with E-state index >= 15 is 0 Å². The molecule has 0 unspecified atom stereocenters. The molecule has 0 spiro atoms. The number of hydrogen-bond donors (Lipinski definition) is 0. The molecule has 0 fully saturated rings. The van der Waals surface area contributed by atoms with Crippen LogP contribution in [0.4, 0.5) is 0 Å². The second kappa shape index (κ2) is 4.64. The third-order valence-electron chi connectivity index (χ3n) is 3.70. The molecule has 1 aromatic carbocycles. The summed E-state index contributed by atoms with van der Waals surface area (Å²) >= 11 is 0. The number of aryl methyl sites for hydroxylation is 1. The molecule has 7 heteroatoms. The normalized spacial score (nSPS) is 11.4. The van der Waals surface area contributed by atoms with Gasteiger partial charge in [-0.2, -0.15) is 0 Å². The molecule has 0 N–H and O–H groups in total. The molecule has 0 saturated heterocycles. The highest BCUT2D eigenvalue weighted by molar-refractivity contribution is 6.09. The summed E-state index contributed by atoms with van der Waals surface area (Å²) in [5.41, 5.74) is 0.471. The third kappa shape index (κ3) is 1.83. The Labute approximate surface area is 129 Å². The van der Waals surface area contributed by atoms with E-state index in [1.165, 1.54) is 13.3 Å². The Morgan fingerprint density at radius 1 is 1.22 bits per heavy atom. The van der Waals surface area contributed by atoms with Crippen molar-refractivity contribution in [3.05, 3.63) is 52.6 Å². The highest BCUT2D eigenvalue weighted by Crippen LogP contribution is 2.32. The summed E-state index contributed by atoms with van der Waals surface area (Å²) in [4.78, 5) is 24.5. The van der Waals surface area contributed by atoms with Gasteiger partial charge in [0.2, 0.25) is 0 Å². The number of carbonyl (C=O) groups excluding carboxylic acids is 1. The van der Waals surface area contributed by atoms with E-state index in [1.807, 2.05) is 0 Å². The molecule has 114 valence electrons. The largest absolute Gasteiger partial charge is 0.450 e. The molecule has 23 heavy (non-hydrogen) atoms. The first-order valence-electron chi connectivity index (χ1n) is 6.94. The van der Waals surface area contributed by atoms with Crippen LogP contribution in [-0.4, -0.2) is 20.5 Å². The maximum absolute atomic E-state index is 12.5. The van der Waals surface area contributed by atoms with Gasteiger partial charge in [-0.1, -0.05) is 12.1 Å². The Kier molecular flexibility index (Phi) is 2.71. The zero-order valence-corrected chi connectivity index (χ0v) is 12.4. The Bertz CT molecular complexity index is 1130. The number of carbonyl (C=O) groups is 1. The van der Waals surface area contributed by atoms with Crippen molar-refractivity contribution in [2.24, 2.45) is 0 Å². The van der Waals surface area contributed by atoms with E-state index in [4.69, 9.17) is 8.83 Å². The summed E-state index contributed by atoms with van der Waals surface area (Å²) in [6.07, 6.45) is 1.43. The van der Waals surface area contributed by atoms with Crippen molar-refractivity contribution in [1.82, 2.24) is 14.8 Å². The van der Waals surface area contributed by atoms with Crippen molar-refractivity contribution in [2.75, 3.05) is 0 Å². The molecule has 4 rings (SSSR count). The molecule has 0 aliphatic heterocycles. The van der Waals surface area contributed by atoms with Crippen LogP contribution in [-0.2, 0) is 0 Å². The molecule has 0 aliphatic carbocycles. The van der Waals surface area contributed by atoms with Crippen molar-refractivity contribution >= 4 is 27.7 Å². The number of aromatic nitrogens is 3. The first-order chi connectivity index (χ1) is 11.1. The average Bonchev–Trinajstić information content (AvgIpc) is 3.11. The predicted octanol–water partition coefficient (Wildman–Crippen LogP) is 2.63. The van der Waals surface area contributed by atoms with E-state index in [0.717, 1.165) is 0 Å². The predicted molar refractivity (Wildman–Crippen MR) is 81.9 cm³/mol. The molecule has 0 aliphatic rings. The van der Waals surface area contributed by atoms with Gasteiger partial charge in [-0.15, -0.1) is 10.2 Å². The van der Waals surface area contributed by atoms with Crippen molar-refractivity contribution in [2.45, 2.75) is 13.8 Å². The van der Waals surface area contributed by atoms with Gasteiger partial charge in [0.25, 0.3) is 0 Å². The Morgan fingerprint density at radius 3 is 2.70 bits per heavy atom. The van der Waals surface area contributed by atoms with Crippen LogP contribution >= 0.6 is 0 Å². The zero-order valence-electron chi connectivity index (χ0n) is 12.4. The molecule has 4 aromatic rings. The number of rotatable bonds is 2. The summed E-state index contributed by atoms with van der Waals surface area (Å²) < 4.78 is 12.7. The quantitative estimate of drug-likeness (QED) is 0.417. The maximum atomic E-state index is 12.5. The standard InChI is InChI=1S/C16H11N3O4/c1-8(20)14-13(19-7-17-18-9(19)2)12-15(23-14)10-5-3-4-6-11(10)22-16(12)21/h3-7H,1-2H3. The molecule has 0 saturated carbocycles. The fourth-order valence-corrected chi connectivity index (χ4v) is 2.68. The van der Waals surface area contributed by atoms with Gasteiger partial charge in [0.1, 0.15) is 28.8 Å². The molecule has 0 bridgehead atoms. The van der Waals surface area contributed by atoms with E-state index in [1.54, 1.807) is 35.8 Å². The van der Waals surface area contributed by atoms with E-state index in [0.29, 0.717) is 28.1 Å². The number of hydrogen-bond acceptors (Lipinski definition) is 6. The first-order valence-corrected chi connectivity index (χ1v) is 6.94. The van der Waals surface area contributed by atoms with Crippen LogP contribution in [0.2, 0.25) is 0 Å². The SMILES string of the molecule is CC(=O)c1oc2c(c1-n1cnnc1C)c(=O)oc1ccccc12. The monoisotopic (exact) mass is 309 g/mol. The minimum Gasteiger partial charge on any atom is -0.450 e. The van der Waals surface area contributed by atoms with Gasteiger partial charge in [-0.25, -0.2) is 4.79 Å². The lowest BCUT2D eigenvalue weighted by molar-refractivity contribution is 0.0989. The van der Waals surface area contributed by atoms with Gasteiger partial charge in [0, 0.05) is 6.92 Å². The highest BCUT2D eigenvalue weighted by atomic mass is 16.4. The summed E-state index contributed by atoms with van der Waals surface area (Å²) in [6, 6.07) is 7.02. The number of para-hydroxylation sites is 1. The smallest absolute Gasteiger partial charge is 0.349 e. The third-order valence-corrected chi connectivity index (χ3v) is 3.70. The van der Waals surface area contributed by atoms with Crippen molar-refractivity contribution < 1.29 is 13.6 Å². The first kappa shape index (κ1) is 13.4. The number of ketones is 1. The van der Waals surface area contributed by atoms with Crippen molar-refractivity contribution in [3.63, 3.8) is 0 Å². The van der Waals surface area contributed by atoms with E-state index < -0.39 is 5.63 Å². The molecule has 3 heterocycles. The van der Waals surface area contributed by atoms with Crippen molar-refractivity contribution in [1.29, 1.82) is 0 Å². The lowest BCUT2D eigenvalue weighted by Gasteiger charge is -2.02. The van der Waals surface area contributed by atoms with Crippen molar-refractivity contribution in [3.8, 4) is 5.69 Å². The van der Waals surface area contributed by atoms with Crippen LogP contribution < -0.4 is 5.63 Å². The van der Waals surface area contributed by atoms with Crippen LogP contribution in [0, 0.1) is 6.92 Å². The highest BCUT2D eigenvalue weighted by Gasteiger charge is 2.25. The molecule has 0 amide bonds. The van der Waals surface area contributed by atoms with Gasteiger partial charge in [0.15, 0.2) is 17.1 Å². The Balaban J connectivity index is 2.27. The minimum absolute atomic E-state index is 0.0755. The van der Waals surface area contributed by atoms with Gasteiger partial charge < -0.3 is 8.83 Å². The summed E-state index contributed by atoms with van der Waals surface area (Å²) in [6.45, 7) is 3.10. The molecule has 0 radical (unpaired) electrons. The summed E-state index contributed by atoms with van der Waals surface area (Å²) in [7, 11) is 0. The van der Waals surface area contributed by atoms with Gasteiger partial charge in [-0.05, 0) is 19.1 Å². The van der Waals surface area contributed by atoms with Crippen LogP contribution in [0.15, 0.2) is 44.2 Å². The number of Topliss-reactive ketones (excluding diaryl/α,β-unsaturated/α-hetero) is 1. The summed E-state index contributed by atoms with van der Waals surface area (Å²) in [5, 5.41) is 8.54. The zero-order chi connectivity index (χ0) is 16.1. The van der Waals surface area contributed by atoms with Gasteiger partial charge in [0.05, 0.1) is 5.39 Å². The minimum atomic E-state index is -0.571. The second-order valence-electron chi connectivity index (χ2n) is 5.17. The molecular weight excluding hydrogens is 298 g/mol. The second-order valence-corrected chi connectivity index (χ2v) is 5.17. The lowest BCUT2D eigenvalue weighted by Crippen LogP contribution is -2.06. The molecule has 3 aromatic heterocycles. The number of furan rings is 1. The van der Waals surface area contributed by atoms with E-state index in [2.05, 4.69) is 10.2 Å². The fourth-order valence-electron chi connectivity index (χ4n) is 2.68. The Morgan fingerprint density at radius 2 is 2.00 bits per heavy atom. The van der Waals surface area contributed by atoms with Crippen LogP contribution in [0.3, 0.4) is 0 Å². The van der Waals surface area contributed by atoms with E-state index in [9.17, 15) is 9.59 Å². The van der Waals surface area contributed by atoms with Gasteiger partial charge in [-0.3, -0.25) is 9.36 Å². The lowest BCUT2D eigenvalue weighted by atomic mass is 10.1. The molecule has 0 atom stereocenters. The maximum Gasteiger partial charge on any atom is 0.349 e. The number of fused-ring (bicyclic) bond motifs is 3. The van der Waals surface area contributed by atoms with Crippen LogP contribution in [0.25, 0.3) is 27.6 Å². The summed E-state index contributed by atoms with van der Waals surface area (Å²) in [5.74, 6) is 0.307. The Hall–Kier alpha value is -3.22. The van der Waals surface area contributed by atoms with Crippen LogP contribution in [0.5, 0.6) is 0 Å². The number of nitrogens with zero attached hydrogens (tertiary/aromatic N) is 3. The van der Waals surface area contributed by atoms with Gasteiger partial charge >= 0.3 is 5.63 Å². The topological polar surface area (TPSA) is 91.1 Å².